The summed E-state index contributed by atoms with van der Waals surface area (Å²) in [4.78, 5) is 49.4. The van der Waals surface area contributed by atoms with Gasteiger partial charge >= 0.3 is 0 Å². The third-order valence-corrected chi connectivity index (χ3v) is 4.91. The zero-order valence-corrected chi connectivity index (χ0v) is 15.2. The second-order valence-electron chi connectivity index (χ2n) is 6.63. The van der Waals surface area contributed by atoms with Crippen LogP contribution in [0.3, 0.4) is 0 Å². The van der Waals surface area contributed by atoms with Crippen molar-refractivity contribution in [3.63, 3.8) is 0 Å². The number of terminal acetylenes is 1. The molecule has 0 saturated heterocycles. The molecule has 7 heteroatoms. The number of nitrogens with zero attached hydrogens (tertiary/aromatic N) is 1. The number of benzene rings is 2. The van der Waals surface area contributed by atoms with Crippen LogP contribution >= 0.6 is 0 Å². The lowest BCUT2D eigenvalue weighted by Gasteiger charge is -2.24. The number of hydrogen-bond donors (Lipinski definition) is 1. The molecule has 0 saturated carbocycles. The number of rotatable bonds is 4. The van der Waals surface area contributed by atoms with Gasteiger partial charge in [-0.2, -0.15) is 0 Å². The molecule has 0 radical (unpaired) electrons. The molecule has 0 unspecified atom stereocenters. The minimum absolute atomic E-state index is 0.0719. The number of carbonyl (C=O) groups is 3. The molecule has 1 aliphatic rings. The molecule has 0 aromatic heterocycles. The minimum Gasteiger partial charge on any atom is -0.336 e. The van der Waals surface area contributed by atoms with Crippen molar-refractivity contribution in [3.05, 3.63) is 74.3 Å². The van der Waals surface area contributed by atoms with Crippen molar-refractivity contribution in [1.82, 2.24) is 5.32 Å². The third kappa shape index (κ3) is 2.85. The predicted octanol–water partition coefficient (Wildman–Crippen LogP) is 2.90. The molecule has 1 atom stereocenters. The number of nitro benzene ring substituents is 1. The van der Waals surface area contributed by atoms with E-state index in [-0.39, 0.29) is 27.8 Å². The van der Waals surface area contributed by atoms with E-state index in [1.54, 1.807) is 26.0 Å². The first-order chi connectivity index (χ1) is 13.2. The first kappa shape index (κ1) is 19.0. The number of amides is 1. The van der Waals surface area contributed by atoms with E-state index in [1.165, 1.54) is 24.3 Å². The summed E-state index contributed by atoms with van der Waals surface area (Å²) in [6, 6.07) is 8.55. The Balaban J connectivity index is 2.21. The van der Waals surface area contributed by atoms with Crippen molar-refractivity contribution in [1.29, 1.82) is 0 Å². The molecule has 2 aromatic carbocycles. The topological polar surface area (TPSA) is 106 Å². The minimum atomic E-state index is -1.01. The number of carbonyl (C=O) groups excluding carboxylic acids is 3. The van der Waals surface area contributed by atoms with E-state index in [0.717, 1.165) is 0 Å². The van der Waals surface area contributed by atoms with Gasteiger partial charge in [0, 0.05) is 16.7 Å². The van der Waals surface area contributed by atoms with E-state index in [4.69, 9.17) is 6.42 Å². The van der Waals surface area contributed by atoms with Gasteiger partial charge in [-0.25, -0.2) is 0 Å². The zero-order chi connectivity index (χ0) is 20.6. The largest absolute Gasteiger partial charge is 0.336 e. The van der Waals surface area contributed by atoms with E-state index < -0.39 is 33.6 Å². The van der Waals surface area contributed by atoms with Crippen LogP contribution in [0.5, 0.6) is 0 Å². The Morgan fingerprint density at radius 3 is 2.29 bits per heavy atom. The van der Waals surface area contributed by atoms with Gasteiger partial charge in [0.05, 0.1) is 10.5 Å². The fourth-order valence-corrected chi connectivity index (χ4v) is 3.09. The highest BCUT2D eigenvalue weighted by Gasteiger charge is 2.39. The highest BCUT2D eigenvalue weighted by molar-refractivity contribution is 6.30. The van der Waals surface area contributed by atoms with Gasteiger partial charge in [0.1, 0.15) is 11.1 Å². The van der Waals surface area contributed by atoms with E-state index >= 15 is 0 Å². The van der Waals surface area contributed by atoms with Crippen molar-refractivity contribution in [3.8, 4) is 12.3 Å². The molecule has 2 aromatic rings. The van der Waals surface area contributed by atoms with Crippen LogP contribution in [0.15, 0.2) is 36.4 Å². The summed E-state index contributed by atoms with van der Waals surface area (Å²) in [7, 11) is 0. The van der Waals surface area contributed by atoms with Crippen LogP contribution in [0.25, 0.3) is 0 Å². The molecule has 0 aliphatic heterocycles. The summed E-state index contributed by atoms with van der Waals surface area (Å²) in [6.45, 7) is 3.38. The van der Waals surface area contributed by atoms with Gasteiger partial charge in [-0.05, 0) is 25.5 Å². The molecule has 0 spiro atoms. The van der Waals surface area contributed by atoms with Gasteiger partial charge in [-0.3, -0.25) is 24.5 Å². The summed E-state index contributed by atoms with van der Waals surface area (Å²) in [6.07, 6.45) is 5.85. The lowest BCUT2D eigenvalue weighted by Crippen LogP contribution is -2.44. The molecule has 0 fully saturated rings. The maximum atomic E-state index is 12.9. The van der Waals surface area contributed by atoms with Crippen LogP contribution in [0.2, 0.25) is 0 Å². The molecule has 0 bridgehead atoms. The molecule has 1 aliphatic carbocycles. The predicted molar refractivity (Wildman–Crippen MR) is 101 cm³/mol. The van der Waals surface area contributed by atoms with Crippen LogP contribution in [0.1, 0.15) is 62.5 Å². The fraction of sp³-hybridized carbons (Fsp3) is 0.190. The molecule has 0 heterocycles. The van der Waals surface area contributed by atoms with Crippen LogP contribution in [-0.4, -0.2) is 27.9 Å². The third-order valence-electron chi connectivity index (χ3n) is 4.91. The molecule has 28 heavy (non-hydrogen) atoms. The number of hydrogen-bond acceptors (Lipinski definition) is 5. The van der Waals surface area contributed by atoms with E-state index in [2.05, 4.69) is 11.2 Å². The first-order valence-corrected chi connectivity index (χ1v) is 8.54. The number of fused-ring (bicyclic) bond motifs is 2. The highest BCUT2D eigenvalue weighted by Crippen LogP contribution is 2.35. The summed E-state index contributed by atoms with van der Waals surface area (Å²) in [5.41, 5.74) is -2.24. The first-order valence-electron chi connectivity index (χ1n) is 8.54. The van der Waals surface area contributed by atoms with Crippen LogP contribution < -0.4 is 5.32 Å². The Hall–Kier alpha value is -3.79. The number of ketones is 2. The molecule has 3 rings (SSSR count). The van der Waals surface area contributed by atoms with Crippen LogP contribution in [0, 0.1) is 22.5 Å². The summed E-state index contributed by atoms with van der Waals surface area (Å²) in [5, 5.41) is 14.4. The van der Waals surface area contributed by atoms with E-state index in [9.17, 15) is 24.5 Å². The van der Waals surface area contributed by atoms with E-state index in [1.807, 2.05) is 0 Å². The molecule has 140 valence electrons. The molecule has 1 amide bonds. The molecular weight excluding hydrogens is 360 g/mol. The van der Waals surface area contributed by atoms with E-state index in [0.29, 0.717) is 6.42 Å². The zero-order valence-electron chi connectivity index (χ0n) is 15.2. The Morgan fingerprint density at radius 2 is 1.75 bits per heavy atom. The van der Waals surface area contributed by atoms with Crippen LogP contribution in [-0.2, 0) is 0 Å². The molecule has 7 nitrogen and oxygen atoms in total. The van der Waals surface area contributed by atoms with Crippen molar-refractivity contribution in [2.45, 2.75) is 25.8 Å². The van der Waals surface area contributed by atoms with Gasteiger partial charge in [-0.15, -0.1) is 6.42 Å². The standard InChI is InChI=1S/C21H16N2O5/c1-4-21(3,5-2)22-20(26)15-11-10-14-16(17(15)23(27)28)19(25)13-9-7-6-8-12(13)18(14)24/h1,6-11H,5H2,2-3H3,(H,22,26)/t21-/m1/s1. The SMILES string of the molecule is C#C[C@](C)(CC)NC(=O)c1ccc2c(c1[N+](=O)[O-])C(=O)c1ccccc1C2=O. The second kappa shape index (κ2) is 6.74. The van der Waals surface area contributed by atoms with Gasteiger partial charge in [-0.1, -0.05) is 37.1 Å². The summed E-state index contributed by atoms with van der Waals surface area (Å²) >= 11 is 0. The lowest BCUT2D eigenvalue weighted by molar-refractivity contribution is -0.385. The summed E-state index contributed by atoms with van der Waals surface area (Å²) < 4.78 is 0. The Bertz CT molecular complexity index is 1100. The second-order valence-corrected chi connectivity index (χ2v) is 6.63. The average molecular weight is 376 g/mol. The van der Waals surface area contributed by atoms with Gasteiger partial charge < -0.3 is 5.32 Å². The number of nitro groups is 1. The van der Waals surface area contributed by atoms with Crippen molar-refractivity contribution < 1.29 is 19.3 Å². The lowest BCUT2D eigenvalue weighted by atomic mass is 9.82. The molecular formula is C21H16N2O5. The monoisotopic (exact) mass is 376 g/mol. The Morgan fingerprint density at radius 1 is 1.14 bits per heavy atom. The highest BCUT2D eigenvalue weighted by atomic mass is 16.6. The van der Waals surface area contributed by atoms with Gasteiger partial charge in [0.25, 0.3) is 11.6 Å². The Kier molecular flexibility index (Phi) is 4.57. The van der Waals surface area contributed by atoms with Gasteiger partial charge in [0.15, 0.2) is 5.78 Å². The van der Waals surface area contributed by atoms with Crippen molar-refractivity contribution in [2.24, 2.45) is 0 Å². The maximum absolute atomic E-state index is 12.9. The van der Waals surface area contributed by atoms with Gasteiger partial charge in [0.2, 0.25) is 5.78 Å². The van der Waals surface area contributed by atoms with Crippen molar-refractivity contribution in [2.75, 3.05) is 0 Å². The van der Waals surface area contributed by atoms with Crippen LogP contribution in [0.4, 0.5) is 5.69 Å². The maximum Gasteiger partial charge on any atom is 0.294 e. The average Bonchev–Trinajstić information content (AvgIpc) is 2.70. The van der Waals surface area contributed by atoms with Crippen molar-refractivity contribution >= 4 is 23.2 Å². The quantitative estimate of drug-likeness (QED) is 0.428. The fourth-order valence-electron chi connectivity index (χ4n) is 3.09. The Labute approximate surface area is 160 Å². The normalized spacial score (nSPS) is 14.3. The molecule has 1 N–H and O–H groups in total. The number of nitrogens with one attached hydrogen (secondary N) is 1. The summed E-state index contributed by atoms with van der Waals surface area (Å²) in [5.74, 6) is 0.501. The smallest absolute Gasteiger partial charge is 0.294 e.